The number of nitrogens with zero attached hydrogens (tertiary/aromatic N) is 1. The molecule has 2 rings (SSSR count). The van der Waals surface area contributed by atoms with Gasteiger partial charge in [0.2, 0.25) is 5.91 Å². The van der Waals surface area contributed by atoms with Crippen LogP contribution in [0.25, 0.3) is 0 Å². The Kier molecular flexibility index (Phi) is 4.18. The number of amides is 1. The van der Waals surface area contributed by atoms with Crippen LogP contribution in [0.4, 0.5) is 0 Å². The van der Waals surface area contributed by atoms with Gasteiger partial charge in [-0.2, -0.15) is 0 Å². The summed E-state index contributed by atoms with van der Waals surface area (Å²) in [7, 11) is 0. The van der Waals surface area contributed by atoms with E-state index in [2.05, 4.69) is 10.2 Å². The molecule has 2 fully saturated rings. The molecule has 0 radical (unpaired) electrons. The van der Waals surface area contributed by atoms with Crippen LogP contribution in [0.5, 0.6) is 0 Å². The molecule has 0 aromatic heterocycles. The Bertz CT molecular complexity index is 245. The van der Waals surface area contributed by atoms with Crippen molar-refractivity contribution < 1.29 is 9.90 Å². The van der Waals surface area contributed by atoms with Crippen LogP contribution in [0.2, 0.25) is 0 Å². The maximum atomic E-state index is 11.1. The van der Waals surface area contributed by atoms with Gasteiger partial charge in [-0.25, -0.2) is 0 Å². The van der Waals surface area contributed by atoms with Gasteiger partial charge in [0.15, 0.2) is 0 Å². The molecule has 0 aliphatic carbocycles. The highest BCUT2D eigenvalue weighted by Gasteiger charge is 2.27. The lowest BCUT2D eigenvalue weighted by Gasteiger charge is -2.30. The molecule has 0 aromatic carbocycles. The second kappa shape index (κ2) is 5.64. The highest BCUT2D eigenvalue weighted by molar-refractivity contribution is 5.78. The number of nitrogens with one attached hydrogen (secondary N) is 1. The number of hydrogen-bond acceptors (Lipinski definition) is 3. The van der Waals surface area contributed by atoms with Gasteiger partial charge in [0.25, 0.3) is 0 Å². The number of rotatable bonds is 3. The molecule has 2 N–H and O–H groups in total. The average Bonchev–Trinajstić information content (AvgIpc) is 2.56. The summed E-state index contributed by atoms with van der Waals surface area (Å²) in [5, 5.41) is 12.4. The van der Waals surface area contributed by atoms with Crippen molar-refractivity contribution >= 4 is 5.91 Å². The predicted molar refractivity (Wildman–Crippen MR) is 62.1 cm³/mol. The summed E-state index contributed by atoms with van der Waals surface area (Å²) >= 11 is 0. The summed E-state index contributed by atoms with van der Waals surface area (Å²) in [6, 6.07) is 0.611. The fourth-order valence-electron chi connectivity index (χ4n) is 2.78. The van der Waals surface area contributed by atoms with E-state index < -0.39 is 0 Å². The predicted octanol–water partition coefficient (Wildman–Crippen LogP) is 0.502. The highest BCUT2D eigenvalue weighted by Crippen LogP contribution is 2.18. The molecule has 2 saturated heterocycles. The van der Waals surface area contributed by atoms with Gasteiger partial charge in [0.1, 0.15) is 0 Å². The monoisotopic (exact) mass is 226 g/mol. The molecular formula is C12H22N2O2. The lowest BCUT2D eigenvalue weighted by molar-refractivity contribution is -0.119. The van der Waals surface area contributed by atoms with E-state index in [-0.39, 0.29) is 12.5 Å². The van der Waals surface area contributed by atoms with Crippen molar-refractivity contribution in [3.63, 3.8) is 0 Å². The van der Waals surface area contributed by atoms with Gasteiger partial charge in [0.05, 0.1) is 6.61 Å². The van der Waals surface area contributed by atoms with Crippen molar-refractivity contribution in [3.05, 3.63) is 0 Å². The fourth-order valence-corrected chi connectivity index (χ4v) is 2.78. The third-order valence-corrected chi connectivity index (χ3v) is 3.75. The van der Waals surface area contributed by atoms with E-state index in [1.165, 1.54) is 19.3 Å². The molecule has 0 bridgehead atoms. The highest BCUT2D eigenvalue weighted by atomic mass is 16.3. The number of aliphatic hydroxyl groups excluding tert-OH is 1. The largest absolute Gasteiger partial charge is 0.395 e. The van der Waals surface area contributed by atoms with E-state index >= 15 is 0 Å². The zero-order valence-electron chi connectivity index (χ0n) is 9.82. The molecular weight excluding hydrogens is 204 g/mol. The standard InChI is InChI=1S/C12H22N2O2/c15-9-11-4-2-1-3-7-14(11)8-10-5-6-12(16)13-10/h10-11,15H,1-9H2,(H,13,16). The zero-order valence-corrected chi connectivity index (χ0v) is 9.82. The first kappa shape index (κ1) is 11.9. The van der Waals surface area contributed by atoms with Crippen molar-refractivity contribution in [3.8, 4) is 0 Å². The number of hydrogen-bond donors (Lipinski definition) is 2. The van der Waals surface area contributed by atoms with E-state index in [9.17, 15) is 9.90 Å². The van der Waals surface area contributed by atoms with E-state index in [0.29, 0.717) is 18.5 Å². The molecule has 4 nitrogen and oxygen atoms in total. The minimum atomic E-state index is 0.181. The molecule has 0 saturated carbocycles. The maximum absolute atomic E-state index is 11.1. The Morgan fingerprint density at radius 2 is 2.19 bits per heavy atom. The van der Waals surface area contributed by atoms with Gasteiger partial charge < -0.3 is 10.4 Å². The Morgan fingerprint density at radius 1 is 1.31 bits per heavy atom. The fraction of sp³-hybridized carbons (Fsp3) is 0.917. The molecule has 2 aliphatic heterocycles. The third kappa shape index (κ3) is 2.95. The van der Waals surface area contributed by atoms with Crippen molar-refractivity contribution in [1.29, 1.82) is 0 Å². The smallest absolute Gasteiger partial charge is 0.220 e. The summed E-state index contributed by atoms with van der Waals surface area (Å²) in [5.74, 6) is 0.181. The maximum Gasteiger partial charge on any atom is 0.220 e. The van der Waals surface area contributed by atoms with E-state index in [4.69, 9.17) is 0 Å². The quantitative estimate of drug-likeness (QED) is 0.737. The second-order valence-corrected chi connectivity index (χ2v) is 4.98. The Balaban J connectivity index is 1.87. The molecule has 2 atom stereocenters. The molecule has 0 spiro atoms. The van der Waals surface area contributed by atoms with Crippen LogP contribution in [0.15, 0.2) is 0 Å². The van der Waals surface area contributed by atoms with E-state index in [0.717, 1.165) is 25.9 Å². The minimum Gasteiger partial charge on any atom is -0.395 e. The van der Waals surface area contributed by atoms with Crippen LogP contribution in [0, 0.1) is 0 Å². The zero-order chi connectivity index (χ0) is 11.4. The Morgan fingerprint density at radius 3 is 2.88 bits per heavy atom. The van der Waals surface area contributed by atoms with Crippen LogP contribution in [0.1, 0.15) is 38.5 Å². The summed E-state index contributed by atoms with van der Waals surface area (Å²) in [6.07, 6.45) is 6.42. The first-order valence-electron chi connectivity index (χ1n) is 6.44. The van der Waals surface area contributed by atoms with Crippen molar-refractivity contribution in [2.45, 2.75) is 50.6 Å². The normalized spacial score (nSPS) is 32.4. The first-order chi connectivity index (χ1) is 7.79. The van der Waals surface area contributed by atoms with Crippen LogP contribution < -0.4 is 5.32 Å². The summed E-state index contributed by atoms with van der Waals surface area (Å²) < 4.78 is 0. The Labute approximate surface area is 97.0 Å². The van der Waals surface area contributed by atoms with Crippen LogP contribution >= 0.6 is 0 Å². The second-order valence-electron chi connectivity index (χ2n) is 4.98. The summed E-state index contributed by atoms with van der Waals surface area (Å²) in [5.41, 5.74) is 0. The van der Waals surface area contributed by atoms with Gasteiger partial charge >= 0.3 is 0 Å². The molecule has 2 heterocycles. The summed E-state index contributed by atoms with van der Waals surface area (Å²) in [4.78, 5) is 13.5. The van der Waals surface area contributed by atoms with Crippen molar-refractivity contribution in [1.82, 2.24) is 10.2 Å². The number of carbonyl (C=O) groups is 1. The molecule has 2 unspecified atom stereocenters. The first-order valence-corrected chi connectivity index (χ1v) is 6.44. The molecule has 0 aromatic rings. The molecule has 2 aliphatic rings. The SMILES string of the molecule is O=C1CCC(CN2CCCCCC2CO)N1. The number of aliphatic hydroxyl groups is 1. The lowest BCUT2D eigenvalue weighted by Crippen LogP contribution is -2.45. The number of likely N-dealkylation sites (tertiary alicyclic amines) is 1. The van der Waals surface area contributed by atoms with Crippen LogP contribution in [-0.4, -0.2) is 47.7 Å². The van der Waals surface area contributed by atoms with Crippen LogP contribution in [-0.2, 0) is 4.79 Å². The van der Waals surface area contributed by atoms with Crippen LogP contribution in [0.3, 0.4) is 0 Å². The molecule has 16 heavy (non-hydrogen) atoms. The van der Waals surface area contributed by atoms with Gasteiger partial charge in [-0.3, -0.25) is 9.69 Å². The van der Waals surface area contributed by atoms with Gasteiger partial charge in [-0.15, -0.1) is 0 Å². The Hall–Kier alpha value is -0.610. The van der Waals surface area contributed by atoms with Crippen molar-refractivity contribution in [2.75, 3.05) is 19.7 Å². The van der Waals surface area contributed by atoms with E-state index in [1.807, 2.05) is 0 Å². The topological polar surface area (TPSA) is 52.6 Å². The lowest BCUT2D eigenvalue weighted by atomic mass is 10.1. The van der Waals surface area contributed by atoms with Crippen molar-refractivity contribution in [2.24, 2.45) is 0 Å². The minimum absolute atomic E-state index is 0.181. The van der Waals surface area contributed by atoms with Gasteiger partial charge in [0, 0.05) is 25.0 Å². The third-order valence-electron chi connectivity index (χ3n) is 3.75. The van der Waals surface area contributed by atoms with Gasteiger partial charge in [-0.1, -0.05) is 12.8 Å². The average molecular weight is 226 g/mol. The van der Waals surface area contributed by atoms with Gasteiger partial charge in [-0.05, 0) is 25.8 Å². The summed E-state index contributed by atoms with van der Waals surface area (Å²) in [6.45, 7) is 2.23. The molecule has 1 amide bonds. The molecule has 4 heteroatoms. The number of carbonyl (C=O) groups excluding carboxylic acids is 1. The van der Waals surface area contributed by atoms with E-state index in [1.54, 1.807) is 0 Å². The molecule has 92 valence electrons.